The summed E-state index contributed by atoms with van der Waals surface area (Å²) in [6.07, 6.45) is 5.56. The second-order valence-electron chi connectivity index (χ2n) is 7.32. The number of hydrogen-bond donors (Lipinski definition) is 1. The maximum absolute atomic E-state index is 12.7. The lowest BCUT2D eigenvalue weighted by atomic mass is 9.95. The van der Waals surface area contributed by atoms with Crippen molar-refractivity contribution in [1.82, 2.24) is 24.6 Å². The summed E-state index contributed by atoms with van der Waals surface area (Å²) in [6.45, 7) is 6.30. The Morgan fingerprint density at radius 1 is 1.31 bits per heavy atom. The number of imidazole rings is 1. The lowest BCUT2D eigenvalue weighted by Crippen LogP contribution is -2.41. The Labute approximate surface area is 153 Å². The van der Waals surface area contributed by atoms with Gasteiger partial charge in [-0.3, -0.25) is 9.48 Å². The monoisotopic (exact) mass is 351 g/mol. The van der Waals surface area contributed by atoms with E-state index in [2.05, 4.69) is 35.2 Å². The van der Waals surface area contributed by atoms with E-state index < -0.39 is 0 Å². The number of carbonyl (C=O) groups is 1. The lowest BCUT2D eigenvalue weighted by Gasteiger charge is -2.33. The molecule has 3 aromatic rings. The number of H-pyrrole nitrogens is 1. The summed E-state index contributed by atoms with van der Waals surface area (Å²) in [5.74, 6) is 1.62. The number of fused-ring (bicyclic) bond motifs is 1. The highest BCUT2D eigenvalue weighted by Crippen LogP contribution is 2.29. The normalized spacial score (nSPS) is 16.9. The summed E-state index contributed by atoms with van der Waals surface area (Å²) in [4.78, 5) is 23.0. The number of nitrogens with zero attached hydrogens (tertiary/aromatic N) is 4. The quantitative estimate of drug-likeness (QED) is 0.785. The minimum atomic E-state index is -0.0553. The Hall–Kier alpha value is -2.63. The van der Waals surface area contributed by atoms with Gasteiger partial charge in [-0.15, -0.1) is 0 Å². The number of aryl methyl sites for hydroxylation is 1. The number of piperidine rings is 1. The highest BCUT2D eigenvalue weighted by atomic mass is 16.2. The zero-order chi connectivity index (χ0) is 18.1. The van der Waals surface area contributed by atoms with Crippen molar-refractivity contribution in [1.29, 1.82) is 0 Å². The molecule has 136 valence electrons. The fourth-order valence-electron chi connectivity index (χ4n) is 3.84. The Kier molecular flexibility index (Phi) is 4.49. The molecule has 4 rings (SSSR count). The molecule has 3 heterocycles. The Morgan fingerprint density at radius 3 is 2.81 bits per heavy atom. The van der Waals surface area contributed by atoms with Crippen molar-refractivity contribution in [3.63, 3.8) is 0 Å². The van der Waals surface area contributed by atoms with Gasteiger partial charge in [-0.05, 0) is 37.5 Å². The van der Waals surface area contributed by atoms with Crippen LogP contribution in [0.25, 0.3) is 11.0 Å². The van der Waals surface area contributed by atoms with Crippen molar-refractivity contribution in [2.24, 2.45) is 5.92 Å². The van der Waals surface area contributed by atoms with Crippen LogP contribution >= 0.6 is 0 Å². The summed E-state index contributed by atoms with van der Waals surface area (Å²) in [5.41, 5.74) is 3.37. The molecular weight excluding hydrogens is 326 g/mol. The summed E-state index contributed by atoms with van der Waals surface area (Å²) < 4.78 is 1.83. The van der Waals surface area contributed by atoms with E-state index >= 15 is 0 Å². The smallest absolute Gasteiger partial charge is 0.227 e. The van der Waals surface area contributed by atoms with Gasteiger partial charge in [-0.1, -0.05) is 19.1 Å². The molecule has 0 unspecified atom stereocenters. The maximum atomic E-state index is 12.7. The second kappa shape index (κ2) is 6.94. The van der Waals surface area contributed by atoms with E-state index in [1.165, 1.54) is 5.56 Å². The van der Waals surface area contributed by atoms with E-state index in [-0.39, 0.29) is 11.8 Å². The summed E-state index contributed by atoms with van der Waals surface area (Å²) >= 11 is 0. The predicted octanol–water partition coefficient (Wildman–Crippen LogP) is 3.11. The van der Waals surface area contributed by atoms with Crippen LogP contribution < -0.4 is 0 Å². The van der Waals surface area contributed by atoms with Crippen LogP contribution in [0.15, 0.2) is 36.7 Å². The average Bonchev–Trinajstić information content (AvgIpc) is 3.31. The standard InChI is InChI=1S/C20H25N5O/c1-14-5-3-6-17-18(14)23-19(22-17)16-7-11-24(12-8-16)20(26)15(2)13-25-10-4-9-21-25/h3-6,9-10,15-16H,7-8,11-13H2,1-2H3,(H,22,23)/t15-/m0/s1. The fourth-order valence-corrected chi connectivity index (χ4v) is 3.84. The molecule has 1 atom stereocenters. The van der Waals surface area contributed by atoms with Gasteiger partial charge in [0, 0.05) is 31.4 Å². The third kappa shape index (κ3) is 3.23. The van der Waals surface area contributed by atoms with E-state index in [1.54, 1.807) is 6.20 Å². The van der Waals surface area contributed by atoms with Gasteiger partial charge in [0.25, 0.3) is 0 Å². The van der Waals surface area contributed by atoms with Crippen molar-refractivity contribution in [2.45, 2.75) is 39.2 Å². The van der Waals surface area contributed by atoms with Gasteiger partial charge in [0.15, 0.2) is 0 Å². The van der Waals surface area contributed by atoms with Crippen LogP contribution in [-0.4, -0.2) is 43.6 Å². The number of rotatable bonds is 4. The first-order chi connectivity index (χ1) is 12.6. The number of likely N-dealkylation sites (tertiary alicyclic amines) is 1. The van der Waals surface area contributed by atoms with Gasteiger partial charge in [0.05, 0.1) is 23.5 Å². The zero-order valence-electron chi connectivity index (χ0n) is 15.4. The third-order valence-electron chi connectivity index (χ3n) is 5.37. The SMILES string of the molecule is Cc1cccc2[nH]c(C3CCN(C(=O)[C@@H](C)Cn4cccn4)CC3)nc12. The molecule has 0 radical (unpaired) electrons. The first-order valence-electron chi connectivity index (χ1n) is 9.33. The van der Waals surface area contributed by atoms with Gasteiger partial charge in [-0.2, -0.15) is 5.10 Å². The fraction of sp³-hybridized carbons (Fsp3) is 0.450. The van der Waals surface area contributed by atoms with Crippen molar-refractivity contribution < 1.29 is 4.79 Å². The molecular formula is C20H25N5O. The molecule has 1 aliphatic rings. The van der Waals surface area contributed by atoms with Crippen molar-refractivity contribution in [3.05, 3.63) is 48.0 Å². The highest BCUT2D eigenvalue weighted by molar-refractivity contribution is 5.79. The summed E-state index contributed by atoms with van der Waals surface area (Å²) in [5, 5.41) is 4.20. The molecule has 1 aromatic carbocycles. The molecule has 6 nitrogen and oxygen atoms in total. The van der Waals surface area contributed by atoms with Crippen LogP contribution in [-0.2, 0) is 11.3 Å². The van der Waals surface area contributed by atoms with Crippen molar-refractivity contribution in [2.75, 3.05) is 13.1 Å². The number of hydrogen-bond acceptors (Lipinski definition) is 3. The topological polar surface area (TPSA) is 66.8 Å². The third-order valence-corrected chi connectivity index (χ3v) is 5.37. The first kappa shape index (κ1) is 16.8. The number of nitrogens with one attached hydrogen (secondary N) is 1. The lowest BCUT2D eigenvalue weighted by molar-refractivity contribution is -0.136. The molecule has 1 fully saturated rings. The molecule has 26 heavy (non-hydrogen) atoms. The number of aromatic amines is 1. The van der Waals surface area contributed by atoms with E-state index in [1.807, 2.05) is 28.8 Å². The predicted molar refractivity (Wildman–Crippen MR) is 101 cm³/mol. The van der Waals surface area contributed by atoms with E-state index in [4.69, 9.17) is 4.98 Å². The van der Waals surface area contributed by atoms with Gasteiger partial charge >= 0.3 is 0 Å². The van der Waals surface area contributed by atoms with Gasteiger partial charge in [0.2, 0.25) is 5.91 Å². The first-order valence-corrected chi connectivity index (χ1v) is 9.33. The Balaban J connectivity index is 1.38. The Bertz CT molecular complexity index is 890. The molecule has 1 saturated heterocycles. The van der Waals surface area contributed by atoms with Crippen LogP contribution in [0.2, 0.25) is 0 Å². The largest absolute Gasteiger partial charge is 0.342 e. The molecule has 0 spiro atoms. The molecule has 0 saturated carbocycles. The van der Waals surface area contributed by atoms with Crippen molar-refractivity contribution in [3.8, 4) is 0 Å². The molecule has 1 amide bonds. The van der Waals surface area contributed by atoms with Gasteiger partial charge in [0.1, 0.15) is 5.82 Å². The molecule has 0 aliphatic carbocycles. The minimum absolute atomic E-state index is 0.0553. The summed E-state index contributed by atoms with van der Waals surface area (Å²) in [6, 6.07) is 8.11. The highest BCUT2D eigenvalue weighted by Gasteiger charge is 2.28. The number of amides is 1. The Morgan fingerprint density at radius 2 is 2.12 bits per heavy atom. The van der Waals surface area contributed by atoms with Crippen LogP contribution in [0.3, 0.4) is 0 Å². The molecule has 2 aromatic heterocycles. The zero-order valence-corrected chi connectivity index (χ0v) is 15.4. The molecule has 1 aliphatic heterocycles. The van der Waals surface area contributed by atoms with E-state index in [0.29, 0.717) is 12.5 Å². The van der Waals surface area contributed by atoms with Gasteiger partial charge < -0.3 is 9.88 Å². The van der Waals surface area contributed by atoms with Crippen molar-refractivity contribution >= 4 is 16.9 Å². The molecule has 6 heteroatoms. The minimum Gasteiger partial charge on any atom is -0.342 e. The number of para-hydroxylation sites is 1. The van der Waals surface area contributed by atoms with Crippen LogP contribution in [0, 0.1) is 12.8 Å². The molecule has 1 N–H and O–H groups in total. The maximum Gasteiger partial charge on any atom is 0.227 e. The van der Waals surface area contributed by atoms with Gasteiger partial charge in [-0.25, -0.2) is 4.98 Å². The number of carbonyl (C=O) groups excluding carboxylic acids is 1. The average molecular weight is 351 g/mol. The second-order valence-corrected chi connectivity index (χ2v) is 7.32. The molecule has 0 bridgehead atoms. The van der Waals surface area contributed by atoms with E-state index in [0.717, 1.165) is 42.8 Å². The van der Waals surface area contributed by atoms with Crippen LogP contribution in [0.4, 0.5) is 0 Å². The van der Waals surface area contributed by atoms with E-state index in [9.17, 15) is 4.79 Å². The number of aromatic nitrogens is 4. The summed E-state index contributed by atoms with van der Waals surface area (Å²) in [7, 11) is 0. The number of benzene rings is 1. The van der Waals surface area contributed by atoms with Crippen LogP contribution in [0.5, 0.6) is 0 Å². The van der Waals surface area contributed by atoms with Crippen LogP contribution in [0.1, 0.15) is 37.1 Å².